The third-order valence-electron chi connectivity index (χ3n) is 16.1. The van der Waals surface area contributed by atoms with Crippen LogP contribution in [0.15, 0.2) is 255 Å². The van der Waals surface area contributed by atoms with Crippen molar-refractivity contribution >= 4 is 93.4 Å². The predicted octanol–water partition coefficient (Wildman–Crippen LogP) is 16.3. The first kappa shape index (κ1) is 85.5. The zero-order valence-electron chi connectivity index (χ0n) is 63.5. The second-order valence-corrected chi connectivity index (χ2v) is 26.7. The standard InChI is InChI=1S/C45H44O12.C44H42O11/c1-29(2)41(47)52-26-45(7,27-53-42(48)30(3)4)22-23-51-39-16-13-34-24-32(8-10-35(34)25-39)9-21-40(46)56-37-17-19-38(20-18-37)57-44(50)33-11-14-36(15-12-33)54-28-55-43(49)31(5)6;1-28(2)40(46)51-26-44(7,27-52-41(47)29(3)4)22-23-50-38-16-13-33-24-31(8-10-34(33)25-38)9-21-39(45)53-35-17-19-37(20-18-35)55-43(49)32-11-14-36(15-12-32)54-42(48)30(5)6/h8-21,24-25H,1,3,5,22-23,26-28H2,2,4,6-7H3;8-21,24-25H,1,3,5,22-23,26-27H2,2,4,6-7H3/b2*21-9+. The van der Waals surface area contributed by atoms with Gasteiger partial charge in [-0.25, -0.2) is 47.9 Å². The third-order valence-corrected chi connectivity index (χ3v) is 16.1. The number of fused-ring (bicyclic) bond motifs is 2. The van der Waals surface area contributed by atoms with Crippen molar-refractivity contribution in [3.63, 3.8) is 0 Å². The lowest BCUT2D eigenvalue weighted by Crippen LogP contribution is -2.33. The van der Waals surface area contributed by atoms with E-state index in [0.717, 1.165) is 32.7 Å². The summed E-state index contributed by atoms with van der Waals surface area (Å²) in [5, 5.41) is 3.65. The largest absolute Gasteiger partial charge is 0.494 e. The van der Waals surface area contributed by atoms with Crippen LogP contribution in [0.4, 0.5) is 0 Å². The van der Waals surface area contributed by atoms with E-state index in [9.17, 15) is 47.9 Å². The fraction of sp³-hybridized carbons (Fsp3) is 0.213. The summed E-state index contributed by atoms with van der Waals surface area (Å²) in [7, 11) is 0. The molecule has 23 heteroatoms. The van der Waals surface area contributed by atoms with E-state index in [4.69, 9.17) is 61.6 Å². The number of ether oxygens (including phenoxy) is 13. The molecule has 0 unspecified atom stereocenters. The van der Waals surface area contributed by atoms with Crippen LogP contribution in [0.3, 0.4) is 0 Å². The number of carbonyl (C=O) groups is 10. The van der Waals surface area contributed by atoms with Gasteiger partial charge in [-0.05, 0) is 233 Å². The Labute approximate surface area is 648 Å². The minimum atomic E-state index is -0.715. The normalized spacial score (nSPS) is 11.0. The molecule has 0 atom stereocenters. The summed E-state index contributed by atoms with van der Waals surface area (Å²) < 4.78 is 70.5. The Morgan fingerprint density at radius 1 is 0.304 bits per heavy atom. The van der Waals surface area contributed by atoms with Crippen LogP contribution in [-0.2, 0) is 62.0 Å². The number of benzene rings is 8. The molecule has 0 fully saturated rings. The van der Waals surface area contributed by atoms with Gasteiger partial charge in [0.05, 0.1) is 24.3 Å². The van der Waals surface area contributed by atoms with Crippen molar-refractivity contribution in [1.82, 2.24) is 0 Å². The van der Waals surface area contributed by atoms with E-state index in [2.05, 4.69) is 39.5 Å². The zero-order chi connectivity index (χ0) is 81.7. The Bertz CT molecular complexity index is 4880. The molecule has 0 spiro atoms. The van der Waals surface area contributed by atoms with E-state index in [1.54, 1.807) is 39.8 Å². The fourth-order valence-electron chi connectivity index (χ4n) is 9.45. The van der Waals surface area contributed by atoms with Gasteiger partial charge in [-0.2, -0.15) is 0 Å². The Morgan fingerprint density at radius 3 is 0.920 bits per heavy atom. The molecule has 0 radical (unpaired) electrons. The van der Waals surface area contributed by atoms with Gasteiger partial charge >= 0.3 is 59.7 Å². The Hall–Kier alpha value is -13.7. The quantitative estimate of drug-likeness (QED) is 0.0116. The molecule has 23 nitrogen and oxygen atoms in total. The Balaban J connectivity index is 0.000000311. The number of carbonyl (C=O) groups excluding carboxylic acids is 10. The van der Waals surface area contributed by atoms with Gasteiger partial charge in [0.25, 0.3) is 0 Å². The first-order chi connectivity index (χ1) is 53.2. The lowest BCUT2D eigenvalue weighted by Gasteiger charge is -2.28. The molecule has 0 aliphatic heterocycles. The first-order valence-corrected chi connectivity index (χ1v) is 34.8. The molecule has 8 aromatic carbocycles. The van der Waals surface area contributed by atoms with Crippen molar-refractivity contribution in [3.05, 3.63) is 277 Å². The van der Waals surface area contributed by atoms with E-state index in [1.807, 2.05) is 86.6 Å². The maximum Gasteiger partial charge on any atom is 0.343 e. The average molecular weight is 1520 g/mol. The van der Waals surface area contributed by atoms with Gasteiger partial charge in [-0.1, -0.05) is 89.7 Å². The fourth-order valence-corrected chi connectivity index (χ4v) is 9.45. The summed E-state index contributed by atoms with van der Waals surface area (Å²) in [6.07, 6.45) is 6.72. The summed E-state index contributed by atoms with van der Waals surface area (Å²) >= 11 is 0. The van der Waals surface area contributed by atoms with E-state index >= 15 is 0 Å². The van der Waals surface area contributed by atoms with Gasteiger partial charge in [0.1, 0.15) is 72.4 Å². The minimum Gasteiger partial charge on any atom is -0.494 e. The molecule has 0 aliphatic carbocycles. The molecule has 0 aromatic heterocycles. The third kappa shape index (κ3) is 28.1. The van der Waals surface area contributed by atoms with Crippen LogP contribution in [0.5, 0.6) is 46.0 Å². The number of hydrogen-bond acceptors (Lipinski definition) is 23. The molecular formula is C89H86O23. The number of esters is 10. The SMILES string of the molecule is C=C(C)C(=O)OCC(C)(CCOc1ccc2cc(/C=C/C(=O)Oc3ccc(OC(=O)c4ccc(OC(=O)C(=C)C)cc4)cc3)ccc2c1)COC(=O)C(=C)C.C=C(C)C(=O)OCOc1ccc(C(=O)Oc2ccc(OC(=O)/C=C/c3ccc4cc(OCCC(C)(COC(=O)C(=C)C)COC(=O)C(=C)C)ccc4c3)cc2)cc1. The summed E-state index contributed by atoms with van der Waals surface area (Å²) in [6, 6.07) is 46.5. The monoisotopic (exact) mass is 1520 g/mol. The molecule has 8 aromatic rings. The van der Waals surface area contributed by atoms with Crippen molar-refractivity contribution in [2.45, 2.75) is 68.2 Å². The van der Waals surface area contributed by atoms with Crippen LogP contribution < -0.4 is 37.9 Å². The highest BCUT2D eigenvalue weighted by atomic mass is 16.7. The van der Waals surface area contributed by atoms with Crippen molar-refractivity contribution in [2.24, 2.45) is 10.8 Å². The van der Waals surface area contributed by atoms with Crippen LogP contribution in [0, 0.1) is 10.8 Å². The van der Waals surface area contributed by atoms with Crippen molar-refractivity contribution < 1.29 is 110 Å². The molecule has 0 aliphatic rings. The van der Waals surface area contributed by atoms with Gasteiger partial charge in [0.15, 0.2) is 0 Å². The van der Waals surface area contributed by atoms with Gasteiger partial charge < -0.3 is 61.6 Å². The summed E-state index contributed by atoms with van der Waals surface area (Å²) in [4.78, 5) is 121. The maximum absolute atomic E-state index is 12.6. The van der Waals surface area contributed by atoms with E-state index in [-0.39, 0.29) is 120 Å². The van der Waals surface area contributed by atoms with Crippen molar-refractivity contribution in [1.29, 1.82) is 0 Å². The van der Waals surface area contributed by atoms with E-state index in [1.165, 1.54) is 123 Å². The molecule has 8 rings (SSSR count). The second kappa shape index (κ2) is 41.0. The molecular weight excluding hydrogens is 1440 g/mol. The molecule has 0 bridgehead atoms. The van der Waals surface area contributed by atoms with Gasteiger partial charge in [-0.15, -0.1) is 0 Å². The Morgan fingerprint density at radius 2 is 0.580 bits per heavy atom. The predicted molar refractivity (Wildman–Crippen MR) is 419 cm³/mol. The van der Waals surface area contributed by atoms with Gasteiger partial charge in [-0.3, -0.25) is 0 Å². The minimum absolute atomic E-state index is 0.00597. The average Bonchev–Trinajstić information content (AvgIpc) is 0.828. The summed E-state index contributed by atoms with van der Waals surface area (Å²) in [5.41, 5.74) is 2.20. The second-order valence-electron chi connectivity index (χ2n) is 26.7. The van der Waals surface area contributed by atoms with E-state index < -0.39 is 70.5 Å². The van der Waals surface area contributed by atoms with Crippen molar-refractivity contribution in [3.8, 4) is 46.0 Å². The van der Waals surface area contributed by atoms with Crippen LogP contribution in [0.2, 0.25) is 0 Å². The van der Waals surface area contributed by atoms with E-state index in [0.29, 0.717) is 30.1 Å². The lowest BCUT2D eigenvalue weighted by molar-refractivity contribution is -0.150. The van der Waals surface area contributed by atoms with Gasteiger partial charge in [0.2, 0.25) is 6.79 Å². The number of hydrogen-bond donors (Lipinski definition) is 0. The Kier molecular flexibility index (Phi) is 31.3. The van der Waals surface area contributed by atoms with Crippen LogP contribution >= 0.6 is 0 Å². The smallest absolute Gasteiger partial charge is 0.343 e. The highest BCUT2D eigenvalue weighted by Crippen LogP contribution is 2.31. The van der Waals surface area contributed by atoms with Crippen LogP contribution in [0.25, 0.3) is 33.7 Å². The molecule has 0 amide bonds. The molecule has 112 heavy (non-hydrogen) atoms. The molecule has 0 N–H and O–H groups in total. The molecule has 580 valence electrons. The molecule has 0 heterocycles. The highest BCUT2D eigenvalue weighted by Gasteiger charge is 2.31. The topological polar surface area (TPSA) is 291 Å². The molecule has 0 saturated carbocycles. The summed E-state index contributed by atoms with van der Waals surface area (Å²) in [6.45, 7) is 34.7. The number of rotatable bonds is 36. The highest BCUT2D eigenvalue weighted by molar-refractivity contribution is 5.95. The van der Waals surface area contributed by atoms with Crippen LogP contribution in [0.1, 0.15) is 100 Å². The van der Waals surface area contributed by atoms with Crippen LogP contribution in [-0.4, -0.2) is 106 Å². The maximum atomic E-state index is 12.6. The zero-order valence-corrected chi connectivity index (χ0v) is 63.5. The molecule has 0 saturated heterocycles. The lowest BCUT2D eigenvalue weighted by atomic mass is 9.89. The first-order valence-electron chi connectivity index (χ1n) is 34.8. The van der Waals surface area contributed by atoms with Gasteiger partial charge in [0, 0.05) is 56.4 Å². The summed E-state index contributed by atoms with van der Waals surface area (Å²) in [5.74, 6) is -2.79. The van der Waals surface area contributed by atoms with Crippen molar-refractivity contribution in [2.75, 3.05) is 46.4 Å².